The van der Waals surface area contributed by atoms with E-state index in [0.717, 1.165) is 0 Å². The summed E-state index contributed by atoms with van der Waals surface area (Å²) in [5, 5.41) is 0. The van der Waals surface area contributed by atoms with Crippen molar-refractivity contribution < 1.29 is 0 Å². The minimum atomic E-state index is 0. The molecule has 0 saturated heterocycles. The summed E-state index contributed by atoms with van der Waals surface area (Å²) in [4.78, 5) is 0. The van der Waals surface area contributed by atoms with Crippen molar-refractivity contribution in [2.45, 2.75) is 129 Å². The molecule has 0 spiro atoms. The van der Waals surface area contributed by atoms with Crippen LogP contribution in [0.5, 0.6) is 0 Å². The Morgan fingerprint density at radius 3 is 1.07 bits per heavy atom. The largest absolute Gasteiger partial charge is 0.0654 e. The van der Waals surface area contributed by atoms with Crippen LogP contribution in [0.2, 0.25) is 0 Å². The summed E-state index contributed by atoms with van der Waals surface area (Å²) in [6.07, 6.45) is 25.3. The van der Waals surface area contributed by atoms with E-state index in [1.165, 1.54) is 116 Å². The molecule has 152 valence electrons. The van der Waals surface area contributed by atoms with E-state index in [1.807, 2.05) is 0 Å². The van der Waals surface area contributed by atoms with Crippen LogP contribution in [0.3, 0.4) is 0 Å². The van der Waals surface area contributed by atoms with Crippen molar-refractivity contribution in [1.29, 1.82) is 0 Å². The van der Waals surface area contributed by atoms with Crippen LogP contribution in [0.1, 0.15) is 128 Å². The molecule has 1 rings (SSSR count). The molecule has 0 amide bonds. The Morgan fingerprint density at radius 2 is 0.741 bits per heavy atom. The molecular formula is C26H46Ca. The van der Waals surface area contributed by atoms with Gasteiger partial charge in [-0.05, 0) is 36.8 Å². The van der Waals surface area contributed by atoms with E-state index < -0.39 is 0 Å². The van der Waals surface area contributed by atoms with Gasteiger partial charge in [0.15, 0.2) is 0 Å². The molecule has 0 N–H and O–H groups in total. The van der Waals surface area contributed by atoms with Crippen molar-refractivity contribution in [3.05, 3.63) is 35.4 Å². The Bertz CT molecular complexity index is 373. The third kappa shape index (κ3) is 16.0. The number of hydrogen-bond donors (Lipinski definition) is 0. The molecule has 0 bridgehead atoms. The van der Waals surface area contributed by atoms with Gasteiger partial charge in [0.1, 0.15) is 0 Å². The number of hydrogen-bond acceptors (Lipinski definition) is 0. The van der Waals surface area contributed by atoms with Crippen LogP contribution in [0.4, 0.5) is 0 Å². The molecule has 0 unspecified atom stereocenters. The first-order valence-electron chi connectivity index (χ1n) is 11.9. The third-order valence-electron chi connectivity index (χ3n) is 5.72. The third-order valence-corrected chi connectivity index (χ3v) is 5.72. The fourth-order valence-electron chi connectivity index (χ4n) is 3.94. The van der Waals surface area contributed by atoms with E-state index in [1.54, 1.807) is 11.1 Å². The van der Waals surface area contributed by atoms with Gasteiger partial charge in [0, 0.05) is 37.7 Å². The maximum atomic E-state index is 2.38. The van der Waals surface area contributed by atoms with E-state index in [4.69, 9.17) is 0 Å². The summed E-state index contributed by atoms with van der Waals surface area (Å²) in [7, 11) is 0. The first-order chi connectivity index (χ1) is 12.9. The van der Waals surface area contributed by atoms with Gasteiger partial charge in [0.05, 0.1) is 0 Å². The van der Waals surface area contributed by atoms with Gasteiger partial charge in [0.2, 0.25) is 0 Å². The van der Waals surface area contributed by atoms with Gasteiger partial charge in [-0.15, -0.1) is 0 Å². The van der Waals surface area contributed by atoms with Crippen LogP contribution in [-0.2, 0) is 12.8 Å². The van der Waals surface area contributed by atoms with E-state index in [0.29, 0.717) is 0 Å². The standard InChI is InChI=1S/C26H46.Ca/c1-3-5-7-9-11-13-15-17-21-25-23-19-20-24-26(25)22-18-16-14-12-10-8-6-4-2;/h19-20,23-24H,3-18,21-22H2,1-2H3;. The van der Waals surface area contributed by atoms with E-state index in [9.17, 15) is 0 Å². The molecule has 0 nitrogen and oxygen atoms in total. The molecule has 27 heavy (non-hydrogen) atoms. The Kier molecular flexibility index (Phi) is 21.6. The molecule has 2 radical (unpaired) electrons. The molecule has 0 heterocycles. The number of benzene rings is 1. The molecule has 0 aliphatic carbocycles. The summed E-state index contributed by atoms with van der Waals surface area (Å²) in [6, 6.07) is 9.22. The zero-order valence-electron chi connectivity index (χ0n) is 18.7. The monoisotopic (exact) mass is 398 g/mol. The number of rotatable bonds is 18. The second-order valence-electron chi connectivity index (χ2n) is 8.22. The van der Waals surface area contributed by atoms with E-state index in [-0.39, 0.29) is 37.7 Å². The first kappa shape index (κ1) is 27.5. The zero-order chi connectivity index (χ0) is 18.7. The maximum Gasteiger partial charge on any atom is 0 e. The van der Waals surface area contributed by atoms with Crippen molar-refractivity contribution in [3.8, 4) is 0 Å². The van der Waals surface area contributed by atoms with Gasteiger partial charge < -0.3 is 0 Å². The van der Waals surface area contributed by atoms with Crippen LogP contribution in [-0.4, -0.2) is 37.7 Å². The van der Waals surface area contributed by atoms with Gasteiger partial charge in [0.25, 0.3) is 0 Å². The van der Waals surface area contributed by atoms with Crippen LogP contribution in [0.15, 0.2) is 24.3 Å². The molecule has 1 heteroatoms. The van der Waals surface area contributed by atoms with Gasteiger partial charge in [-0.3, -0.25) is 0 Å². The quantitative estimate of drug-likeness (QED) is 0.171. The van der Waals surface area contributed by atoms with E-state index in [2.05, 4.69) is 38.1 Å². The average molecular weight is 399 g/mol. The van der Waals surface area contributed by atoms with Crippen LogP contribution >= 0.6 is 0 Å². The second kappa shape index (κ2) is 21.2. The molecule has 0 atom stereocenters. The Morgan fingerprint density at radius 1 is 0.444 bits per heavy atom. The van der Waals surface area contributed by atoms with Gasteiger partial charge in [-0.25, -0.2) is 0 Å². The summed E-state index contributed by atoms with van der Waals surface area (Å²) >= 11 is 0. The minimum absolute atomic E-state index is 0. The average Bonchev–Trinajstić information content (AvgIpc) is 2.67. The molecular weight excluding hydrogens is 352 g/mol. The van der Waals surface area contributed by atoms with Crippen molar-refractivity contribution in [2.24, 2.45) is 0 Å². The van der Waals surface area contributed by atoms with Crippen molar-refractivity contribution in [1.82, 2.24) is 0 Å². The Balaban J connectivity index is 0.00000676. The molecule has 0 saturated carbocycles. The van der Waals surface area contributed by atoms with Gasteiger partial charge >= 0.3 is 0 Å². The molecule has 0 aliphatic heterocycles. The van der Waals surface area contributed by atoms with Crippen molar-refractivity contribution in [2.75, 3.05) is 0 Å². The predicted molar refractivity (Wildman–Crippen MR) is 125 cm³/mol. The summed E-state index contributed by atoms with van der Waals surface area (Å²) in [5.74, 6) is 0. The van der Waals surface area contributed by atoms with Gasteiger partial charge in [-0.1, -0.05) is 128 Å². The normalized spacial score (nSPS) is 10.7. The topological polar surface area (TPSA) is 0 Å². The van der Waals surface area contributed by atoms with E-state index >= 15 is 0 Å². The smallest absolute Gasteiger partial charge is 0 e. The minimum Gasteiger partial charge on any atom is -0.0654 e. The molecule has 0 fully saturated rings. The maximum absolute atomic E-state index is 2.38. The van der Waals surface area contributed by atoms with Crippen molar-refractivity contribution >= 4 is 37.7 Å². The number of aryl methyl sites for hydroxylation is 2. The first-order valence-corrected chi connectivity index (χ1v) is 11.9. The SMILES string of the molecule is CCCCCCCCCCc1ccccc1CCCCCCCCCC.[Ca]. The summed E-state index contributed by atoms with van der Waals surface area (Å²) < 4.78 is 0. The Hall–Kier alpha value is 0.480. The summed E-state index contributed by atoms with van der Waals surface area (Å²) in [6.45, 7) is 4.59. The van der Waals surface area contributed by atoms with Crippen molar-refractivity contribution in [3.63, 3.8) is 0 Å². The molecule has 0 aliphatic rings. The van der Waals surface area contributed by atoms with Crippen LogP contribution < -0.4 is 0 Å². The molecule has 1 aromatic rings. The molecule has 1 aromatic carbocycles. The summed E-state index contributed by atoms with van der Waals surface area (Å²) in [5.41, 5.74) is 3.25. The predicted octanol–water partition coefficient (Wildman–Crippen LogP) is 8.67. The zero-order valence-corrected chi connectivity index (χ0v) is 21.0. The number of unbranched alkanes of at least 4 members (excludes halogenated alkanes) is 14. The molecule has 0 aromatic heterocycles. The second-order valence-corrected chi connectivity index (χ2v) is 8.22. The van der Waals surface area contributed by atoms with Crippen LogP contribution in [0.25, 0.3) is 0 Å². The Labute approximate surface area is 201 Å². The van der Waals surface area contributed by atoms with Gasteiger partial charge in [-0.2, -0.15) is 0 Å². The fraction of sp³-hybridized carbons (Fsp3) is 0.769. The fourth-order valence-corrected chi connectivity index (χ4v) is 3.94. The van der Waals surface area contributed by atoms with Crippen LogP contribution in [0, 0.1) is 0 Å².